The van der Waals surface area contributed by atoms with E-state index in [1.807, 2.05) is 17.0 Å². The number of anilines is 1. The molecule has 5 rings (SSSR count). The van der Waals surface area contributed by atoms with Crippen LogP contribution in [0, 0.1) is 17.7 Å². The Kier molecular flexibility index (Phi) is 9.11. The van der Waals surface area contributed by atoms with E-state index in [1.165, 1.54) is 11.8 Å². The molecule has 39 heavy (non-hydrogen) atoms. The Balaban J connectivity index is 1.24. The molecule has 0 radical (unpaired) electrons. The Hall–Kier alpha value is -3.43. The molecule has 9 heteroatoms. The monoisotopic (exact) mass is 535 g/mol. The summed E-state index contributed by atoms with van der Waals surface area (Å²) in [5.74, 6) is 0.587. The van der Waals surface area contributed by atoms with Gasteiger partial charge in [-0.15, -0.1) is 0 Å². The first-order valence-corrected chi connectivity index (χ1v) is 13.9. The Bertz CT molecular complexity index is 1180. The van der Waals surface area contributed by atoms with Crippen molar-refractivity contribution in [1.29, 1.82) is 0 Å². The van der Waals surface area contributed by atoms with Gasteiger partial charge in [0.05, 0.1) is 6.54 Å². The molecule has 2 amide bonds. The number of nitrogens with one attached hydrogen (secondary N) is 3. The second-order valence-corrected chi connectivity index (χ2v) is 10.5. The molecular formula is C30H38FN5O3. The molecule has 3 heterocycles. The highest BCUT2D eigenvalue weighted by molar-refractivity contribution is 5.79. The zero-order chi connectivity index (χ0) is 27.0. The summed E-state index contributed by atoms with van der Waals surface area (Å²) in [4.78, 5) is 30.1. The molecule has 2 aromatic carbocycles. The molecule has 2 aromatic rings. The standard InChI is InChI=1S/C30H38FN5O3/c31-27-6-2-1-4-23(27)19-34-29(37)17-22-9-12-36-21-24(22)5-3-15-39-28-8-7-26(35-13-10-32-11-14-35)16-25(28)18-33-20-30(36)38/h1-8,16,22,24,32-33H,9-15,17-21H2,(H,34,37)/b5-3+/t22-,24-/m0/s1. The van der Waals surface area contributed by atoms with Gasteiger partial charge in [0, 0.05) is 75.6 Å². The molecule has 208 valence electrons. The van der Waals surface area contributed by atoms with Crippen LogP contribution in [-0.2, 0) is 22.7 Å². The number of rotatable bonds is 5. The number of nitrogens with zero attached hydrogens (tertiary/aromatic N) is 2. The molecule has 0 saturated carbocycles. The molecule has 0 aromatic heterocycles. The molecule has 8 nitrogen and oxygen atoms in total. The number of hydrogen-bond donors (Lipinski definition) is 3. The van der Waals surface area contributed by atoms with E-state index in [9.17, 15) is 14.0 Å². The van der Waals surface area contributed by atoms with Crippen LogP contribution in [0.1, 0.15) is 24.0 Å². The van der Waals surface area contributed by atoms with Crippen molar-refractivity contribution in [2.75, 3.05) is 57.3 Å². The highest BCUT2D eigenvalue weighted by Crippen LogP contribution is 2.29. The van der Waals surface area contributed by atoms with Crippen molar-refractivity contribution < 1.29 is 18.7 Å². The Morgan fingerprint density at radius 2 is 1.90 bits per heavy atom. The maximum absolute atomic E-state index is 13.9. The maximum atomic E-state index is 13.9. The molecule has 2 saturated heterocycles. The molecule has 0 unspecified atom stereocenters. The van der Waals surface area contributed by atoms with Crippen LogP contribution in [0.25, 0.3) is 0 Å². The summed E-state index contributed by atoms with van der Waals surface area (Å²) in [6.07, 6.45) is 5.17. The second-order valence-electron chi connectivity index (χ2n) is 10.5. The number of carbonyl (C=O) groups excluding carboxylic acids is 2. The first kappa shape index (κ1) is 27.1. The summed E-state index contributed by atoms with van der Waals surface area (Å²) in [6.45, 7) is 6.44. The number of ether oxygens (including phenoxy) is 1. The normalized spacial score (nSPS) is 22.9. The lowest BCUT2D eigenvalue weighted by molar-refractivity contribution is -0.132. The van der Waals surface area contributed by atoms with E-state index in [0.29, 0.717) is 38.2 Å². The molecular weight excluding hydrogens is 497 g/mol. The van der Waals surface area contributed by atoms with Gasteiger partial charge in [-0.05, 0) is 42.5 Å². The smallest absolute Gasteiger partial charge is 0.236 e. The van der Waals surface area contributed by atoms with Crippen LogP contribution in [0.2, 0.25) is 0 Å². The maximum Gasteiger partial charge on any atom is 0.236 e. The summed E-state index contributed by atoms with van der Waals surface area (Å²) < 4.78 is 20.1. The third-order valence-corrected chi connectivity index (χ3v) is 7.88. The van der Waals surface area contributed by atoms with Crippen LogP contribution < -0.4 is 25.6 Å². The Labute approximate surface area is 229 Å². The van der Waals surface area contributed by atoms with Gasteiger partial charge >= 0.3 is 0 Å². The van der Waals surface area contributed by atoms with Crippen LogP contribution in [0.3, 0.4) is 0 Å². The minimum absolute atomic E-state index is 0.0424. The van der Waals surface area contributed by atoms with Gasteiger partial charge in [-0.1, -0.05) is 30.4 Å². The quantitative estimate of drug-likeness (QED) is 0.510. The fraction of sp³-hybridized carbons (Fsp3) is 0.467. The number of halogens is 1. The second kappa shape index (κ2) is 13.1. The number of piperidine rings is 1. The van der Waals surface area contributed by atoms with Crippen LogP contribution in [-0.4, -0.2) is 69.1 Å². The van der Waals surface area contributed by atoms with E-state index in [4.69, 9.17) is 4.74 Å². The predicted molar refractivity (Wildman–Crippen MR) is 149 cm³/mol. The fourth-order valence-electron chi connectivity index (χ4n) is 5.62. The van der Waals surface area contributed by atoms with Crippen molar-refractivity contribution in [3.8, 4) is 5.75 Å². The molecule has 3 N–H and O–H groups in total. The third kappa shape index (κ3) is 7.16. The van der Waals surface area contributed by atoms with E-state index in [-0.39, 0.29) is 42.6 Å². The van der Waals surface area contributed by atoms with Gasteiger partial charge in [0.25, 0.3) is 0 Å². The zero-order valence-electron chi connectivity index (χ0n) is 22.3. The number of carbonyl (C=O) groups is 2. The Morgan fingerprint density at radius 3 is 2.74 bits per heavy atom. The molecule has 0 spiro atoms. The van der Waals surface area contributed by atoms with Crippen LogP contribution in [0.4, 0.5) is 10.1 Å². The van der Waals surface area contributed by atoms with Crippen LogP contribution in [0.5, 0.6) is 5.75 Å². The topological polar surface area (TPSA) is 85.9 Å². The van der Waals surface area contributed by atoms with Crippen molar-refractivity contribution in [3.63, 3.8) is 0 Å². The summed E-state index contributed by atoms with van der Waals surface area (Å²) in [5.41, 5.74) is 2.68. The number of benzene rings is 2. The summed E-state index contributed by atoms with van der Waals surface area (Å²) in [7, 11) is 0. The number of piperazine rings is 1. The van der Waals surface area contributed by atoms with Crippen molar-refractivity contribution in [1.82, 2.24) is 20.9 Å². The minimum atomic E-state index is -0.321. The zero-order valence-corrected chi connectivity index (χ0v) is 22.3. The summed E-state index contributed by atoms with van der Waals surface area (Å²) >= 11 is 0. The van der Waals surface area contributed by atoms with Crippen molar-refractivity contribution in [2.45, 2.75) is 25.9 Å². The van der Waals surface area contributed by atoms with E-state index in [0.717, 1.165) is 43.9 Å². The molecule has 2 fully saturated rings. The largest absolute Gasteiger partial charge is 0.489 e. The van der Waals surface area contributed by atoms with Gasteiger partial charge < -0.3 is 30.5 Å². The highest BCUT2D eigenvalue weighted by atomic mass is 19.1. The van der Waals surface area contributed by atoms with E-state index < -0.39 is 0 Å². The van der Waals surface area contributed by atoms with Crippen molar-refractivity contribution in [2.24, 2.45) is 11.8 Å². The number of amides is 2. The summed E-state index contributed by atoms with van der Waals surface area (Å²) in [6, 6.07) is 12.8. The lowest BCUT2D eigenvalue weighted by atomic mass is 9.82. The highest BCUT2D eigenvalue weighted by Gasteiger charge is 2.31. The molecule has 2 bridgehead atoms. The van der Waals surface area contributed by atoms with Crippen LogP contribution >= 0.6 is 0 Å². The average molecular weight is 536 g/mol. The van der Waals surface area contributed by atoms with Gasteiger partial charge in [0.1, 0.15) is 18.2 Å². The minimum Gasteiger partial charge on any atom is -0.489 e. The SMILES string of the molecule is O=C(C[C@@H]1CCN2C[C@@H]1/C=C/COc1ccc(N3CCNCC3)cc1CNCC2=O)NCc1ccccc1F. The molecule has 3 aliphatic rings. The first-order chi connectivity index (χ1) is 19.1. The number of hydrogen-bond acceptors (Lipinski definition) is 6. The average Bonchev–Trinajstić information content (AvgIpc) is 2.97. The van der Waals surface area contributed by atoms with Crippen LogP contribution in [0.15, 0.2) is 54.6 Å². The Morgan fingerprint density at radius 1 is 1.05 bits per heavy atom. The van der Waals surface area contributed by atoms with Gasteiger partial charge in [0.2, 0.25) is 11.8 Å². The van der Waals surface area contributed by atoms with Gasteiger partial charge in [-0.25, -0.2) is 4.39 Å². The van der Waals surface area contributed by atoms with Crippen molar-refractivity contribution >= 4 is 17.5 Å². The lowest BCUT2D eigenvalue weighted by Crippen LogP contribution is -2.47. The lowest BCUT2D eigenvalue weighted by Gasteiger charge is -2.37. The van der Waals surface area contributed by atoms with E-state index in [1.54, 1.807) is 18.2 Å². The molecule has 0 aliphatic carbocycles. The first-order valence-electron chi connectivity index (χ1n) is 13.9. The molecule has 3 aliphatic heterocycles. The van der Waals surface area contributed by atoms with Crippen molar-refractivity contribution in [3.05, 3.63) is 71.6 Å². The predicted octanol–water partition coefficient (Wildman–Crippen LogP) is 2.44. The van der Waals surface area contributed by atoms with E-state index >= 15 is 0 Å². The number of fused-ring (bicyclic) bond motifs is 3. The van der Waals surface area contributed by atoms with Gasteiger partial charge in [-0.2, -0.15) is 0 Å². The van der Waals surface area contributed by atoms with Gasteiger partial charge in [-0.3, -0.25) is 9.59 Å². The van der Waals surface area contributed by atoms with Gasteiger partial charge in [0.15, 0.2) is 0 Å². The fourth-order valence-corrected chi connectivity index (χ4v) is 5.62. The molecule has 2 atom stereocenters. The summed E-state index contributed by atoms with van der Waals surface area (Å²) in [5, 5.41) is 9.57. The van der Waals surface area contributed by atoms with E-state index in [2.05, 4.69) is 39.1 Å². The third-order valence-electron chi connectivity index (χ3n) is 7.88.